The van der Waals surface area contributed by atoms with Gasteiger partial charge in [0.2, 0.25) is 0 Å². The second-order valence-electron chi connectivity index (χ2n) is 3.32. The van der Waals surface area contributed by atoms with E-state index < -0.39 is 10.7 Å². The molecule has 0 aliphatic carbocycles. The van der Waals surface area contributed by atoms with Crippen molar-refractivity contribution in [1.29, 1.82) is 0 Å². The zero-order valence-electron chi connectivity index (χ0n) is 8.89. The standard InChI is InChI=1S/C10H7ClFN3O2S/c11-6-3-8(9(15(16)17)4-7(6)12)14-5-10-13-1-2-18-10/h1-4,14H,5H2. The summed E-state index contributed by atoms with van der Waals surface area (Å²) >= 11 is 7.01. The number of hydrogen-bond acceptors (Lipinski definition) is 5. The molecular weight excluding hydrogens is 281 g/mol. The van der Waals surface area contributed by atoms with Crippen molar-refractivity contribution < 1.29 is 9.31 Å². The summed E-state index contributed by atoms with van der Waals surface area (Å²) in [4.78, 5) is 14.2. The van der Waals surface area contributed by atoms with Crippen LogP contribution in [-0.2, 0) is 6.54 Å². The Morgan fingerprint density at radius 2 is 2.33 bits per heavy atom. The number of hydrogen-bond donors (Lipinski definition) is 1. The van der Waals surface area contributed by atoms with E-state index in [1.165, 1.54) is 17.4 Å². The second kappa shape index (κ2) is 5.28. The summed E-state index contributed by atoms with van der Waals surface area (Å²) in [7, 11) is 0. The lowest BCUT2D eigenvalue weighted by Gasteiger charge is -2.06. The summed E-state index contributed by atoms with van der Waals surface area (Å²) in [6.07, 6.45) is 1.63. The van der Waals surface area contributed by atoms with Gasteiger partial charge in [-0.25, -0.2) is 9.37 Å². The van der Waals surface area contributed by atoms with Crippen molar-refractivity contribution in [2.24, 2.45) is 0 Å². The maximum Gasteiger partial charge on any atom is 0.295 e. The molecule has 0 atom stereocenters. The summed E-state index contributed by atoms with van der Waals surface area (Å²) in [6, 6.07) is 2.00. The van der Waals surface area contributed by atoms with Crippen molar-refractivity contribution in [2.75, 3.05) is 5.32 Å². The molecule has 0 saturated carbocycles. The average molecular weight is 288 g/mol. The molecule has 0 radical (unpaired) electrons. The van der Waals surface area contributed by atoms with Gasteiger partial charge in [0.25, 0.3) is 5.69 Å². The van der Waals surface area contributed by atoms with Crippen LogP contribution in [0.15, 0.2) is 23.7 Å². The molecule has 2 rings (SSSR count). The predicted molar refractivity (Wildman–Crippen MR) is 67.5 cm³/mol. The molecule has 0 amide bonds. The zero-order chi connectivity index (χ0) is 13.1. The Labute approximate surface area is 110 Å². The highest BCUT2D eigenvalue weighted by Crippen LogP contribution is 2.30. The van der Waals surface area contributed by atoms with Crippen LogP contribution in [0.5, 0.6) is 0 Å². The van der Waals surface area contributed by atoms with Crippen LogP contribution in [0.3, 0.4) is 0 Å². The molecule has 0 spiro atoms. The smallest absolute Gasteiger partial charge is 0.295 e. The van der Waals surface area contributed by atoms with E-state index in [-0.39, 0.29) is 16.4 Å². The fraction of sp³-hybridized carbons (Fsp3) is 0.100. The van der Waals surface area contributed by atoms with Crippen LogP contribution in [0.4, 0.5) is 15.8 Å². The third kappa shape index (κ3) is 2.74. The van der Waals surface area contributed by atoms with Gasteiger partial charge in [-0.1, -0.05) is 11.6 Å². The first-order chi connectivity index (χ1) is 8.58. The first-order valence-electron chi connectivity index (χ1n) is 4.83. The van der Waals surface area contributed by atoms with Gasteiger partial charge in [-0.15, -0.1) is 11.3 Å². The van der Waals surface area contributed by atoms with Crippen molar-refractivity contribution in [3.05, 3.63) is 49.7 Å². The van der Waals surface area contributed by atoms with Crippen molar-refractivity contribution in [1.82, 2.24) is 4.98 Å². The van der Waals surface area contributed by atoms with E-state index in [1.807, 2.05) is 0 Å². The van der Waals surface area contributed by atoms with E-state index in [2.05, 4.69) is 10.3 Å². The number of nitrogens with one attached hydrogen (secondary N) is 1. The Balaban J connectivity index is 2.25. The van der Waals surface area contributed by atoms with Crippen LogP contribution in [0, 0.1) is 15.9 Å². The molecule has 8 heteroatoms. The molecule has 1 heterocycles. The topological polar surface area (TPSA) is 68.1 Å². The van der Waals surface area contributed by atoms with Gasteiger partial charge in [-0.2, -0.15) is 0 Å². The lowest BCUT2D eigenvalue weighted by Crippen LogP contribution is -2.03. The number of aromatic nitrogens is 1. The second-order valence-corrected chi connectivity index (χ2v) is 4.71. The van der Waals surface area contributed by atoms with Crippen LogP contribution in [0.2, 0.25) is 5.02 Å². The molecule has 5 nitrogen and oxygen atoms in total. The summed E-state index contributed by atoms with van der Waals surface area (Å²) < 4.78 is 13.2. The monoisotopic (exact) mass is 287 g/mol. The normalized spacial score (nSPS) is 10.3. The lowest BCUT2D eigenvalue weighted by molar-refractivity contribution is -0.384. The van der Waals surface area contributed by atoms with Crippen LogP contribution < -0.4 is 5.32 Å². The number of nitro benzene ring substituents is 1. The zero-order valence-corrected chi connectivity index (χ0v) is 10.5. The maximum atomic E-state index is 13.2. The Hall–Kier alpha value is -1.73. The Kier molecular flexibility index (Phi) is 3.73. The van der Waals surface area contributed by atoms with E-state index in [4.69, 9.17) is 11.6 Å². The highest BCUT2D eigenvalue weighted by molar-refractivity contribution is 7.09. The molecule has 0 bridgehead atoms. The number of halogens is 2. The van der Waals surface area contributed by atoms with Crippen LogP contribution >= 0.6 is 22.9 Å². The number of thiazole rings is 1. The van der Waals surface area contributed by atoms with E-state index in [0.717, 1.165) is 11.1 Å². The molecule has 2 aromatic rings. The van der Waals surface area contributed by atoms with Crippen molar-refractivity contribution in [3.8, 4) is 0 Å². The van der Waals surface area contributed by atoms with E-state index in [0.29, 0.717) is 6.54 Å². The third-order valence-corrected chi connectivity index (χ3v) is 3.22. The van der Waals surface area contributed by atoms with E-state index in [1.54, 1.807) is 11.6 Å². The molecular formula is C10H7ClFN3O2S. The molecule has 0 aliphatic rings. The molecule has 18 heavy (non-hydrogen) atoms. The largest absolute Gasteiger partial charge is 0.373 e. The van der Waals surface area contributed by atoms with Crippen molar-refractivity contribution in [2.45, 2.75) is 6.54 Å². The van der Waals surface area contributed by atoms with Crippen LogP contribution in [0.25, 0.3) is 0 Å². The van der Waals surface area contributed by atoms with Gasteiger partial charge in [-0.05, 0) is 6.07 Å². The summed E-state index contributed by atoms with van der Waals surface area (Å²) in [5.41, 5.74) is -0.185. The molecule has 0 aliphatic heterocycles. The minimum atomic E-state index is -0.817. The number of nitrogens with zero attached hydrogens (tertiary/aromatic N) is 2. The highest BCUT2D eigenvalue weighted by Gasteiger charge is 2.17. The molecule has 1 aromatic heterocycles. The fourth-order valence-corrected chi connectivity index (χ4v) is 2.06. The van der Waals surface area contributed by atoms with Gasteiger partial charge < -0.3 is 5.32 Å². The van der Waals surface area contributed by atoms with Crippen molar-refractivity contribution in [3.63, 3.8) is 0 Å². The molecule has 0 unspecified atom stereocenters. The Morgan fingerprint density at radius 1 is 1.56 bits per heavy atom. The average Bonchev–Trinajstić information content (AvgIpc) is 2.83. The summed E-state index contributed by atoms with van der Waals surface area (Å²) in [5.74, 6) is -0.817. The Bertz CT molecular complexity index is 577. The first kappa shape index (κ1) is 12.7. The quantitative estimate of drug-likeness (QED) is 0.691. The molecule has 1 N–H and O–H groups in total. The molecule has 94 valence electrons. The minimum absolute atomic E-state index is 0.165. The summed E-state index contributed by atoms with van der Waals surface area (Å²) in [5, 5.41) is 16.0. The highest BCUT2D eigenvalue weighted by atomic mass is 35.5. The van der Waals surface area contributed by atoms with E-state index >= 15 is 0 Å². The predicted octanol–water partition coefficient (Wildman–Crippen LogP) is 3.46. The number of benzene rings is 1. The van der Waals surface area contributed by atoms with Crippen molar-refractivity contribution >= 4 is 34.3 Å². The Morgan fingerprint density at radius 3 is 2.94 bits per heavy atom. The van der Waals surface area contributed by atoms with Crippen LogP contribution in [-0.4, -0.2) is 9.91 Å². The summed E-state index contributed by atoms with van der Waals surface area (Å²) in [6.45, 7) is 0.320. The van der Waals surface area contributed by atoms with Gasteiger partial charge >= 0.3 is 0 Å². The minimum Gasteiger partial charge on any atom is -0.373 e. The van der Waals surface area contributed by atoms with Gasteiger partial charge in [0, 0.05) is 11.6 Å². The number of rotatable bonds is 4. The number of nitro groups is 1. The van der Waals surface area contributed by atoms with Crippen LogP contribution in [0.1, 0.15) is 5.01 Å². The number of anilines is 1. The van der Waals surface area contributed by atoms with Gasteiger partial charge in [0.15, 0.2) is 0 Å². The van der Waals surface area contributed by atoms with Gasteiger partial charge in [0.1, 0.15) is 16.5 Å². The maximum absolute atomic E-state index is 13.2. The molecule has 0 fully saturated rings. The fourth-order valence-electron chi connectivity index (χ4n) is 1.34. The van der Waals surface area contributed by atoms with Gasteiger partial charge in [-0.3, -0.25) is 10.1 Å². The SMILES string of the molecule is O=[N+]([O-])c1cc(F)c(Cl)cc1NCc1nccs1. The van der Waals surface area contributed by atoms with E-state index in [9.17, 15) is 14.5 Å². The lowest BCUT2D eigenvalue weighted by atomic mass is 10.2. The first-order valence-corrected chi connectivity index (χ1v) is 6.09. The molecule has 1 aromatic carbocycles. The third-order valence-electron chi connectivity index (χ3n) is 2.15. The van der Waals surface area contributed by atoms with Gasteiger partial charge in [0.05, 0.1) is 22.6 Å². The molecule has 0 saturated heterocycles.